The molecule has 0 spiro atoms. The third-order valence-electron chi connectivity index (χ3n) is 4.59. The lowest BCUT2D eigenvalue weighted by atomic mass is 10.1. The van der Waals surface area contributed by atoms with Crippen LogP contribution in [0, 0.1) is 48.1 Å². The monoisotopic (exact) mass is 396 g/mol. The van der Waals surface area contributed by atoms with Crippen molar-refractivity contribution in [2.24, 2.45) is 0 Å². The summed E-state index contributed by atoms with van der Waals surface area (Å²) in [7, 11) is 0. The summed E-state index contributed by atoms with van der Waals surface area (Å²) in [5.41, 5.74) is 3.38. The highest BCUT2D eigenvalue weighted by atomic mass is 19.2. The minimum absolute atomic E-state index is 0.237. The Labute approximate surface area is 173 Å². The Hall–Kier alpha value is -3.95. The molecule has 0 saturated carbocycles. The van der Waals surface area contributed by atoms with Crippen LogP contribution in [-0.4, -0.2) is 0 Å². The van der Waals surface area contributed by atoms with Crippen molar-refractivity contribution in [2.75, 3.05) is 0 Å². The van der Waals surface area contributed by atoms with Gasteiger partial charge >= 0.3 is 0 Å². The number of halogens is 3. The minimum Gasteiger partial charge on any atom is -0.206 e. The molecule has 0 heterocycles. The molecule has 4 aromatic carbocycles. The summed E-state index contributed by atoms with van der Waals surface area (Å²) < 4.78 is 41.2. The van der Waals surface area contributed by atoms with Gasteiger partial charge < -0.3 is 0 Å². The fourth-order valence-corrected chi connectivity index (χ4v) is 2.93. The second kappa shape index (κ2) is 8.19. The van der Waals surface area contributed by atoms with Gasteiger partial charge in [0, 0.05) is 16.7 Å². The van der Waals surface area contributed by atoms with E-state index < -0.39 is 17.5 Å². The molecule has 0 aliphatic rings. The van der Waals surface area contributed by atoms with Crippen molar-refractivity contribution in [1.29, 1.82) is 0 Å². The second-order valence-corrected chi connectivity index (χ2v) is 6.89. The average molecular weight is 396 g/mol. The number of fused-ring (bicyclic) bond motifs is 1. The molecular formula is C27H15F3. The van der Waals surface area contributed by atoms with E-state index in [-0.39, 0.29) is 5.56 Å². The number of rotatable bonds is 0. The van der Waals surface area contributed by atoms with E-state index in [1.807, 2.05) is 31.2 Å². The van der Waals surface area contributed by atoms with E-state index in [2.05, 4.69) is 23.7 Å². The summed E-state index contributed by atoms with van der Waals surface area (Å²) in [6.45, 7) is 2.00. The Morgan fingerprint density at radius 3 is 1.80 bits per heavy atom. The molecule has 3 heteroatoms. The van der Waals surface area contributed by atoms with E-state index in [0.29, 0.717) is 21.9 Å². The first-order chi connectivity index (χ1) is 14.5. The lowest BCUT2D eigenvalue weighted by molar-refractivity contribution is 0.511. The molecule has 0 bridgehead atoms. The zero-order valence-electron chi connectivity index (χ0n) is 16.1. The summed E-state index contributed by atoms with van der Waals surface area (Å²) in [4.78, 5) is 0. The fourth-order valence-electron chi connectivity index (χ4n) is 2.93. The van der Waals surface area contributed by atoms with E-state index >= 15 is 0 Å². The van der Waals surface area contributed by atoms with Crippen LogP contribution in [0.25, 0.3) is 10.8 Å². The maximum Gasteiger partial charge on any atom is 0.159 e. The molecule has 0 radical (unpaired) electrons. The molecule has 0 fully saturated rings. The first-order valence-electron chi connectivity index (χ1n) is 9.27. The highest BCUT2D eigenvalue weighted by molar-refractivity contribution is 5.84. The largest absolute Gasteiger partial charge is 0.206 e. The third kappa shape index (κ3) is 4.37. The quantitative estimate of drug-likeness (QED) is 0.303. The number of aryl methyl sites for hydroxylation is 1. The summed E-state index contributed by atoms with van der Waals surface area (Å²) in [6.07, 6.45) is 0. The second-order valence-electron chi connectivity index (χ2n) is 6.89. The lowest BCUT2D eigenvalue weighted by Crippen LogP contribution is -1.87. The van der Waals surface area contributed by atoms with Crippen LogP contribution < -0.4 is 0 Å². The predicted octanol–water partition coefficient (Wildman–Crippen LogP) is 6.37. The number of hydrogen-bond acceptors (Lipinski definition) is 0. The van der Waals surface area contributed by atoms with Crippen LogP contribution in [0.15, 0.2) is 72.8 Å². The van der Waals surface area contributed by atoms with Gasteiger partial charge in [0.1, 0.15) is 5.82 Å². The predicted molar refractivity (Wildman–Crippen MR) is 113 cm³/mol. The van der Waals surface area contributed by atoms with Gasteiger partial charge in [-0.3, -0.25) is 0 Å². The minimum atomic E-state index is -0.916. The van der Waals surface area contributed by atoms with Crippen LogP contribution in [0.2, 0.25) is 0 Å². The van der Waals surface area contributed by atoms with E-state index in [9.17, 15) is 13.2 Å². The average Bonchev–Trinajstić information content (AvgIpc) is 2.73. The Morgan fingerprint density at radius 2 is 1.07 bits per heavy atom. The van der Waals surface area contributed by atoms with Crippen molar-refractivity contribution in [3.05, 3.63) is 118 Å². The molecule has 4 rings (SSSR count). The standard InChI is InChI=1S/C27H15F3/c1-18-2-4-19(5-3-18)6-7-21-9-12-22(25(28)15-21)11-8-20-10-13-23-16-26(29)27(30)17-24(23)14-20/h2-5,9-10,12-17H,1H3. The smallest absolute Gasteiger partial charge is 0.159 e. The molecule has 0 nitrogen and oxygen atoms in total. The zero-order chi connectivity index (χ0) is 21.1. The van der Waals surface area contributed by atoms with E-state index in [1.54, 1.807) is 30.3 Å². The van der Waals surface area contributed by atoms with Crippen LogP contribution in [-0.2, 0) is 0 Å². The zero-order valence-corrected chi connectivity index (χ0v) is 16.1. The fraction of sp³-hybridized carbons (Fsp3) is 0.0370. The van der Waals surface area contributed by atoms with Crippen molar-refractivity contribution in [2.45, 2.75) is 6.92 Å². The van der Waals surface area contributed by atoms with Gasteiger partial charge in [-0.25, -0.2) is 13.2 Å². The van der Waals surface area contributed by atoms with Crippen LogP contribution >= 0.6 is 0 Å². The Morgan fingerprint density at radius 1 is 0.500 bits per heavy atom. The molecule has 0 aliphatic heterocycles. The van der Waals surface area contributed by atoms with E-state index in [4.69, 9.17) is 0 Å². The lowest BCUT2D eigenvalue weighted by Gasteiger charge is -2.00. The van der Waals surface area contributed by atoms with Crippen LogP contribution in [0.4, 0.5) is 13.2 Å². The number of hydrogen-bond donors (Lipinski definition) is 0. The molecule has 0 saturated heterocycles. The molecule has 4 aromatic rings. The van der Waals surface area contributed by atoms with Gasteiger partial charge in [-0.2, -0.15) is 0 Å². The van der Waals surface area contributed by atoms with E-state index in [0.717, 1.165) is 23.3 Å². The SMILES string of the molecule is Cc1ccc(C#Cc2ccc(C#Cc3ccc4cc(F)c(F)cc4c3)c(F)c2)cc1. The molecule has 0 atom stereocenters. The topological polar surface area (TPSA) is 0 Å². The molecular weight excluding hydrogens is 381 g/mol. The molecule has 0 N–H and O–H groups in total. The summed E-state index contributed by atoms with van der Waals surface area (Å²) in [5, 5.41) is 1.10. The Kier molecular flexibility index (Phi) is 5.29. The van der Waals surface area contributed by atoms with Gasteiger partial charge in [0.15, 0.2) is 11.6 Å². The van der Waals surface area contributed by atoms with Crippen molar-refractivity contribution in [1.82, 2.24) is 0 Å². The number of benzene rings is 4. The van der Waals surface area contributed by atoms with Gasteiger partial charge in [-0.1, -0.05) is 47.4 Å². The van der Waals surface area contributed by atoms with E-state index in [1.165, 1.54) is 6.07 Å². The normalized spacial score (nSPS) is 10.1. The first kappa shape index (κ1) is 19.4. The summed E-state index contributed by atoms with van der Waals surface area (Å²) >= 11 is 0. The molecule has 0 aromatic heterocycles. The maximum absolute atomic E-state index is 14.4. The van der Waals surface area contributed by atoms with Crippen molar-refractivity contribution in [3.63, 3.8) is 0 Å². The highest BCUT2D eigenvalue weighted by Gasteiger charge is 2.04. The molecule has 0 amide bonds. The van der Waals surface area contributed by atoms with Crippen LogP contribution in [0.5, 0.6) is 0 Å². The van der Waals surface area contributed by atoms with Gasteiger partial charge in [0.25, 0.3) is 0 Å². The van der Waals surface area contributed by atoms with Gasteiger partial charge in [-0.05, 0) is 72.3 Å². The Bertz CT molecular complexity index is 1380. The first-order valence-corrected chi connectivity index (χ1v) is 9.27. The van der Waals surface area contributed by atoms with Crippen molar-refractivity contribution >= 4 is 10.8 Å². The third-order valence-corrected chi connectivity index (χ3v) is 4.59. The summed E-state index contributed by atoms with van der Waals surface area (Å²) in [6, 6.07) is 19.7. The van der Waals surface area contributed by atoms with Crippen LogP contribution in [0.1, 0.15) is 27.8 Å². The Balaban J connectivity index is 1.58. The van der Waals surface area contributed by atoms with Gasteiger partial charge in [0.05, 0.1) is 5.56 Å². The van der Waals surface area contributed by atoms with Crippen molar-refractivity contribution in [3.8, 4) is 23.7 Å². The maximum atomic E-state index is 14.4. The molecule has 0 aliphatic carbocycles. The van der Waals surface area contributed by atoms with Gasteiger partial charge in [-0.15, -0.1) is 0 Å². The molecule has 144 valence electrons. The van der Waals surface area contributed by atoms with Crippen LogP contribution in [0.3, 0.4) is 0 Å². The molecule has 0 unspecified atom stereocenters. The van der Waals surface area contributed by atoms with Crippen molar-refractivity contribution < 1.29 is 13.2 Å². The molecule has 30 heavy (non-hydrogen) atoms. The van der Waals surface area contributed by atoms with Gasteiger partial charge in [0.2, 0.25) is 0 Å². The highest BCUT2D eigenvalue weighted by Crippen LogP contribution is 2.20. The summed E-state index contributed by atoms with van der Waals surface area (Å²) in [5.74, 6) is 9.33.